The normalized spacial score (nSPS) is 15.8. The first-order valence-electron chi connectivity index (χ1n) is 7.93. The van der Waals surface area contributed by atoms with E-state index < -0.39 is 10.0 Å². The van der Waals surface area contributed by atoms with Gasteiger partial charge in [0.2, 0.25) is 5.09 Å². The van der Waals surface area contributed by atoms with Crippen LogP contribution in [0.3, 0.4) is 0 Å². The summed E-state index contributed by atoms with van der Waals surface area (Å²) in [6.45, 7) is 1.95. The quantitative estimate of drug-likeness (QED) is 0.831. The Bertz CT molecular complexity index is 872. The van der Waals surface area contributed by atoms with Crippen LogP contribution in [0, 0.1) is 0 Å². The summed E-state index contributed by atoms with van der Waals surface area (Å²) < 4.78 is 30.8. The fraction of sp³-hybridized carbons (Fsp3) is 0.353. The van der Waals surface area contributed by atoms with Crippen molar-refractivity contribution in [2.75, 3.05) is 7.05 Å². The zero-order chi connectivity index (χ0) is 18.2. The van der Waals surface area contributed by atoms with Crippen molar-refractivity contribution in [3.8, 4) is 0 Å². The SMILES string of the molecule is CNS(=O)(=O)c1cc(C(=O)N(C2CC2)C(C)c2ccc(Cl)cc2)co1. The van der Waals surface area contributed by atoms with Gasteiger partial charge in [0.25, 0.3) is 15.9 Å². The lowest BCUT2D eigenvalue weighted by molar-refractivity contribution is 0.0673. The third-order valence-corrected chi connectivity index (χ3v) is 5.83. The van der Waals surface area contributed by atoms with E-state index >= 15 is 0 Å². The van der Waals surface area contributed by atoms with Crippen LogP contribution in [0.15, 0.2) is 46.1 Å². The fourth-order valence-corrected chi connectivity index (χ4v) is 3.52. The van der Waals surface area contributed by atoms with Gasteiger partial charge in [-0.2, -0.15) is 0 Å². The number of halogens is 1. The average Bonchev–Trinajstić information content (AvgIpc) is 3.29. The Hall–Kier alpha value is -1.83. The zero-order valence-corrected chi connectivity index (χ0v) is 15.5. The van der Waals surface area contributed by atoms with Crippen molar-refractivity contribution < 1.29 is 17.6 Å². The number of amides is 1. The molecule has 25 heavy (non-hydrogen) atoms. The molecule has 1 aliphatic carbocycles. The van der Waals surface area contributed by atoms with E-state index in [1.165, 1.54) is 19.4 Å². The zero-order valence-electron chi connectivity index (χ0n) is 13.9. The van der Waals surface area contributed by atoms with Crippen molar-refractivity contribution in [1.82, 2.24) is 9.62 Å². The summed E-state index contributed by atoms with van der Waals surface area (Å²) in [4.78, 5) is 14.7. The molecule has 0 aliphatic heterocycles. The van der Waals surface area contributed by atoms with E-state index in [0.717, 1.165) is 18.4 Å². The van der Waals surface area contributed by atoms with Crippen LogP contribution in [0.4, 0.5) is 0 Å². The molecule has 0 radical (unpaired) electrons. The maximum absolute atomic E-state index is 13.0. The number of hydrogen-bond acceptors (Lipinski definition) is 4. The van der Waals surface area contributed by atoms with Crippen molar-refractivity contribution in [3.63, 3.8) is 0 Å². The topological polar surface area (TPSA) is 79.6 Å². The van der Waals surface area contributed by atoms with E-state index in [2.05, 4.69) is 4.72 Å². The summed E-state index contributed by atoms with van der Waals surface area (Å²) in [6.07, 6.45) is 3.06. The van der Waals surface area contributed by atoms with E-state index in [9.17, 15) is 13.2 Å². The van der Waals surface area contributed by atoms with E-state index in [1.54, 1.807) is 17.0 Å². The number of sulfonamides is 1. The third-order valence-electron chi connectivity index (χ3n) is 4.30. The number of benzene rings is 1. The van der Waals surface area contributed by atoms with Gasteiger partial charge in [-0.15, -0.1) is 0 Å². The molecule has 134 valence electrons. The minimum atomic E-state index is -3.72. The van der Waals surface area contributed by atoms with Crippen LogP contribution in [0.2, 0.25) is 5.02 Å². The molecule has 8 heteroatoms. The van der Waals surface area contributed by atoms with Crippen LogP contribution in [0.25, 0.3) is 0 Å². The van der Waals surface area contributed by atoms with E-state index in [0.29, 0.717) is 5.02 Å². The number of nitrogens with zero attached hydrogens (tertiary/aromatic N) is 1. The lowest BCUT2D eigenvalue weighted by Gasteiger charge is -2.29. The maximum Gasteiger partial charge on any atom is 0.273 e. The highest BCUT2D eigenvalue weighted by Crippen LogP contribution is 2.36. The van der Waals surface area contributed by atoms with Crippen LogP contribution < -0.4 is 4.72 Å². The molecule has 2 aromatic rings. The Balaban J connectivity index is 1.88. The Kier molecular flexibility index (Phi) is 4.90. The van der Waals surface area contributed by atoms with Crippen molar-refractivity contribution in [2.24, 2.45) is 0 Å². The summed E-state index contributed by atoms with van der Waals surface area (Å²) in [5.74, 6) is -0.244. The first-order chi connectivity index (χ1) is 11.8. The Morgan fingerprint density at radius 1 is 1.32 bits per heavy atom. The van der Waals surface area contributed by atoms with Crippen LogP contribution in [0.1, 0.15) is 41.7 Å². The van der Waals surface area contributed by atoms with Crippen molar-refractivity contribution in [1.29, 1.82) is 0 Å². The Morgan fingerprint density at radius 2 is 1.96 bits per heavy atom. The second-order valence-corrected chi connectivity index (χ2v) is 8.29. The molecule has 1 heterocycles. The predicted molar refractivity (Wildman–Crippen MR) is 94.0 cm³/mol. The number of nitrogens with one attached hydrogen (secondary N) is 1. The molecule has 1 unspecified atom stereocenters. The molecule has 6 nitrogen and oxygen atoms in total. The van der Waals surface area contributed by atoms with Gasteiger partial charge >= 0.3 is 0 Å². The molecule has 1 aromatic carbocycles. The van der Waals surface area contributed by atoms with E-state index in [-0.39, 0.29) is 28.6 Å². The standard InChI is InChI=1S/C17H19ClN2O4S/c1-11(12-3-5-14(18)6-4-12)20(15-7-8-15)17(21)13-9-16(24-10-13)25(22,23)19-2/h3-6,9-11,15,19H,7-8H2,1-2H3. The second-order valence-electron chi connectivity index (χ2n) is 6.03. The number of furan rings is 1. The fourth-order valence-electron chi connectivity index (χ4n) is 2.73. The van der Waals surface area contributed by atoms with Gasteiger partial charge in [-0.25, -0.2) is 13.1 Å². The molecule has 1 N–H and O–H groups in total. The first kappa shape index (κ1) is 18.0. The third kappa shape index (κ3) is 3.73. The average molecular weight is 383 g/mol. The monoisotopic (exact) mass is 382 g/mol. The van der Waals surface area contributed by atoms with Crippen LogP contribution in [-0.4, -0.2) is 32.3 Å². The lowest BCUT2D eigenvalue weighted by atomic mass is 10.1. The number of hydrogen-bond donors (Lipinski definition) is 1. The summed E-state index contributed by atoms with van der Waals surface area (Å²) >= 11 is 5.93. The number of carbonyl (C=O) groups is 1. The van der Waals surface area contributed by atoms with Gasteiger partial charge in [-0.1, -0.05) is 23.7 Å². The van der Waals surface area contributed by atoms with Gasteiger partial charge in [0.1, 0.15) is 6.26 Å². The van der Waals surface area contributed by atoms with Gasteiger partial charge < -0.3 is 9.32 Å². The molecule has 0 saturated heterocycles. The Labute approximate surface area is 151 Å². The molecule has 1 aromatic heterocycles. The van der Waals surface area contributed by atoms with Crippen LogP contribution >= 0.6 is 11.6 Å². The largest absolute Gasteiger partial charge is 0.451 e. The highest BCUT2D eigenvalue weighted by molar-refractivity contribution is 7.89. The number of rotatable bonds is 6. The van der Waals surface area contributed by atoms with Gasteiger partial charge in [-0.3, -0.25) is 4.79 Å². The smallest absolute Gasteiger partial charge is 0.273 e. The molecule has 1 fully saturated rings. The van der Waals surface area contributed by atoms with Crippen LogP contribution in [-0.2, 0) is 10.0 Å². The van der Waals surface area contributed by atoms with Crippen molar-refractivity contribution >= 4 is 27.5 Å². The van der Waals surface area contributed by atoms with E-state index in [4.69, 9.17) is 16.0 Å². The van der Waals surface area contributed by atoms with Crippen LogP contribution in [0.5, 0.6) is 0 Å². The lowest BCUT2D eigenvalue weighted by Crippen LogP contribution is -2.35. The molecule has 1 atom stereocenters. The molecule has 1 aliphatic rings. The molecular formula is C17H19ClN2O4S. The molecule has 0 spiro atoms. The maximum atomic E-state index is 13.0. The van der Waals surface area contributed by atoms with E-state index in [1.807, 2.05) is 19.1 Å². The molecule has 3 rings (SSSR count). The van der Waals surface area contributed by atoms with Gasteiger partial charge in [0, 0.05) is 17.1 Å². The highest BCUT2D eigenvalue weighted by atomic mass is 35.5. The van der Waals surface area contributed by atoms with Crippen molar-refractivity contribution in [3.05, 3.63) is 52.7 Å². The van der Waals surface area contributed by atoms with Crippen molar-refractivity contribution in [2.45, 2.75) is 36.9 Å². The Morgan fingerprint density at radius 3 is 2.52 bits per heavy atom. The minimum absolute atomic E-state index is 0.150. The second kappa shape index (κ2) is 6.82. The summed E-state index contributed by atoms with van der Waals surface area (Å²) in [5.41, 5.74) is 1.19. The summed E-state index contributed by atoms with van der Waals surface area (Å²) in [5, 5.41) is 0.366. The number of carbonyl (C=O) groups excluding carboxylic acids is 1. The molecule has 1 amide bonds. The molecule has 0 bridgehead atoms. The van der Waals surface area contributed by atoms with Gasteiger partial charge in [0.05, 0.1) is 11.6 Å². The summed E-state index contributed by atoms with van der Waals surface area (Å²) in [6, 6.07) is 8.62. The summed E-state index contributed by atoms with van der Waals surface area (Å²) in [7, 11) is -2.43. The first-order valence-corrected chi connectivity index (χ1v) is 9.80. The van der Waals surface area contributed by atoms with Gasteiger partial charge in [-0.05, 0) is 44.5 Å². The molecular weight excluding hydrogens is 364 g/mol. The van der Waals surface area contributed by atoms with Gasteiger partial charge in [0.15, 0.2) is 0 Å². The minimum Gasteiger partial charge on any atom is -0.451 e. The highest BCUT2D eigenvalue weighted by Gasteiger charge is 2.37. The predicted octanol–water partition coefficient (Wildman–Crippen LogP) is 3.21. The molecule has 1 saturated carbocycles.